The van der Waals surface area contributed by atoms with E-state index >= 15 is 0 Å². The predicted octanol–water partition coefficient (Wildman–Crippen LogP) is 3.13. The molecule has 0 aliphatic heterocycles. The van der Waals surface area contributed by atoms with Crippen LogP contribution in [-0.2, 0) is 5.41 Å². The minimum atomic E-state index is -0.136. The van der Waals surface area contributed by atoms with Gasteiger partial charge in [-0.25, -0.2) is 0 Å². The molecule has 1 aromatic carbocycles. The molecule has 0 unspecified atom stereocenters. The van der Waals surface area contributed by atoms with Gasteiger partial charge >= 0.3 is 0 Å². The number of nitrogens with zero attached hydrogens (tertiary/aromatic N) is 4. The number of anilines is 1. The van der Waals surface area contributed by atoms with Crippen molar-refractivity contribution < 1.29 is 4.52 Å². The summed E-state index contributed by atoms with van der Waals surface area (Å²) in [4.78, 5) is 5.23. The fourth-order valence-corrected chi connectivity index (χ4v) is 2.75. The summed E-state index contributed by atoms with van der Waals surface area (Å²) in [5.41, 5.74) is 8.02. The fourth-order valence-electron chi connectivity index (χ4n) is 1.95. The first-order valence-electron chi connectivity index (χ1n) is 6.48. The van der Waals surface area contributed by atoms with E-state index in [0.717, 1.165) is 16.1 Å². The molecule has 0 saturated heterocycles. The molecule has 6 nitrogen and oxygen atoms in total. The number of nitrogens with two attached hydrogens (primary N) is 1. The molecule has 0 saturated carbocycles. The largest absolute Gasteiger partial charge is 0.398 e. The molecule has 0 amide bonds. The Morgan fingerprint density at radius 3 is 2.67 bits per heavy atom. The number of hydrogen-bond donors (Lipinski definition) is 1. The van der Waals surface area contributed by atoms with Crippen molar-refractivity contribution in [3.63, 3.8) is 0 Å². The molecule has 21 heavy (non-hydrogen) atoms. The van der Waals surface area contributed by atoms with Gasteiger partial charge in [-0.05, 0) is 23.7 Å². The molecule has 0 spiro atoms. The van der Waals surface area contributed by atoms with Gasteiger partial charge in [0, 0.05) is 16.7 Å². The van der Waals surface area contributed by atoms with Crippen molar-refractivity contribution in [2.45, 2.75) is 26.2 Å². The molecule has 0 atom stereocenters. The van der Waals surface area contributed by atoms with E-state index in [9.17, 15) is 0 Å². The molecule has 0 bridgehead atoms. The Balaban J connectivity index is 2.04. The number of hydrogen-bond acceptors (Lipinski definition) is 7. The van der Waals surface area contributed by atoms with E-state index in [2.05, 4.69) is 40.5 Å². The van der Waals surface area contributed by atoms with Crippen LogP contribution in [0, 0.1) is 0 Å². The van der Waals surface area contributed by atoms with Gasteiger partial charge < -0.3 is 10.3 Å². The van der Waals surface area contributed by atoms with E-state index < -0.39 is 0 Å². The third kappa shape index (κ3) is 2.52. The van der Waals surface area contributed by atoms with Crippen LogP contribution in [-0.4, -0.2) is 19.7 Å². The van der Waals surface area contributed by atoms with E-state index in [0.29, 0.717) is 17.4 Å². The minimum absolute atomic E-state index is 0.136. The van der Waals surface area contributed by atoms with Crippen LogP contribution < -0.4 is 5.73 Å². The van der Waals surface area contributed by atoms with Crippen molar-refractivity contribution in [3.8, 4) is 22.2 Å². The zero-order valence-corrected chi connectivity index (χ0v) is 12.8. The second-order valence-corrected chi connectivity index (χ2v) is 6.47. The summed E-state index contributed by atoms with van der Waals surface area (Å²) >= 11 is 1.25. The molecular weight excluding hydrogens is 286 g/mol. The van der Waals surface area contributed by atoms with Crippen molar-refractivity contribution in [1.29, 1.82) is 0 Å². The normalized spacial score (nSPS) is 11.8. The molecule has 3 rings (SSSR count). The summed E-state index contributed by atoms with van der Waals surface area (Å²) in [6.07, 6.45) is 0. The Bertz CT molecular complexity index is 772. The van der Waals surface area contributed by atoms with Crippen molar-refractivity contribution in [3.05, 3.63) is 30.0 Å². The standard InChI is InChI=1S/C14H15N5OS/c1-14(2,3)11-10(21-19-17-11)13-16-12(18-20-13)8-6-4-5-7-9(8)15/h4-7H,15H2,1-3H3. The Kier molecular flexibility index (Phi) is 3.21. The lowest BCUT2D eigenvalue weighted by atomic mass is 9.91. The molecule has 0 aliphatic carbocycles. The minimum Gasteiger partial charge on any atom is -0.398 e. The van der Waals surface area contributed by atoms with Crippen LogP contribution in [0.4, 0.5) is 5.69 Å². The van der Waals surface area contributed by atoms with E-state index in [-0.39, 0.29) is 5.41 Å². The molecule has 2 aromatic heterocycles. The molecule has 0 aliphatic rings. The lowest BCUT2D eigenvalue weighted by Crippen LogP contribution is -2.13. The van der Waals surface area contributed by atoms with Gasteiger partial charge in [0.15, 0.2) is 0 Å². The Labute approximate surface area is 126 Å². The van der Waals surface area contributed by atoms with Gasteiger partial charge in [-0.15, -0.1) is 5.10 Å². The second kappa shape index (κ2) is 4.92. The predicted molar refractivity (Wildman–Crippen MR) is 81.7 cm³/mol. The van der Waals surface area contributed by atoms with Gasteiger partial charge in [-0.2, -0.15) is 4.98 Å². The number of rotatable bonds is 2. The SMILES string of the molecule is CC(C)(C)c1nnsc1-c1nc(-c2ccccc2N)no1. The van der Waals surface area contributed by atoms with E-state index in [4.69, 9.17) is 10.3 Å². The van der Waals surface area contributed by atoms with Crippen LogP contribution in [0.2, 0.25) is 0 Å². The highest BCUT2D eigenvalue weighted by Crippen LogP contribution is 2.34. The molecule has 3 aromatic rings. The van der Waals surface area contributed by atoms with Crippen LogP contribution in [0.25, 0.3) is 22.2 Å². The van der Waals surface area contributed by atoms with Gasteiger partial charge in [0.05, 0.1) is 5.69 Å². The maximum atomic E-state index is 5.94. The number of nitrogen functional groups attached to an aromatic ring is 1. The lowest BCUT2D eigenvalue weighted by molar-refractivity contribution is 0.431. The van der Waals surface area contributed by atoms with Gasteiger partial charge in [0.1, 0.15) is 4.88 Å². The monoisotopic (exact) mass is 301 g/mol. The topological polar surface area (TPSA) is 90.7 Å². The van der Waals surface area contributed by atoms with Crippen LogP contribution in [0.15, 0.2) is 28.8 Å². The van der Waals surface area contributed by atoms with Gasteiger partial charge in [-0.3, -0.25) is 0 Å². The Hall–Kier alpha value is -2.28. The van der Waals surface area contributed by atoms with Crippen LogP contribution in [0.3, 0.4) is 0 Å². The number of benzene rings is 1. The maximum absolute atomic E-state index is 5.94. The summed E-state index contributed by atoms with van der Waals surface area (Å²) < 4.78 is 9.37. The van der Waals surface area contributed by atoms with Crippen molar-refractivity contribution >= 4 is 17.2 Å². The highest BCUT2D eigenvalue weighted by atomic mass is 32.1. The van der Waals surface area contributed by atoms with Gasteiger partial charge in [-0.1, -0.05) is 42.5 Å². The third-order valence-corrected chi connectivity index (χ3v) is 3.73. The molecule has 0 fully saturated rings. The zero-order valence-electron chi connectivity index (χ0n) is 12.0. The average molecular weight is 301 g/mol. The summed E-state index contributed by atoms with van der Waals surface area (Å²) in [5, 5.41) is 8.19. The second-order valence-electron chi connectivity index (χ2n) is 5.71. The van der Waals surface area contributed by atoms with E-state index in [1.807, 2.05) is 18.2 Å². The van der Waals surface area contributed by atoms with Crippen LogP contribution in [0.1, 0.15) is 26.5 Å². The molecule has 2 heterocycles. The van der Waals surface area contributed by atoms with Crippen LogP contribution in [0.5, 0.6) is 0 Å². The summed E-state index contributed by atoms with van der Waals surface area (Å²) in [6.45, 7) is 6.21. The first-order chi connectivity index (χ1) is 9.97. The zero-order chi connectivity index (χ0) is 15.0. The first-order valence-corrected chi connectivity index (χ1v) is 7.26. The third-order valence-electron chi connectivity index (χ3n) is 3.02. The van der Waals surface area contributed by atoms with Gasteiger partial charge in [0.25, 0.3) is 5.89 Å². The fraction of sp³-hybridized carbons (Fsp3) is 0.286. The molecule has 2 N–H and O–H groups in total. The first kappa shape index (κ1) is 13.7. The van der Waals surface area contributed by atoms with Crippen LogP contribution >= 0.6 is 11.5 Å². The highest BCUT2D eigenvalue weighted by Gasteiger charge is 2.26. The Morgan fingerprint density at radius 2 is 1.95 bits per heavy atom. The smallest absolute Gasteiger partial charge is 0.271 e. The molecule has 0 radical (unpaired) electrons. The average Bonchev–Trinajstić information content (AvgIpc) is 3.07. The summed E-state index contributed by atoms with van der Waals surface area (Å²) in [5.74, 6) is 0.893. The number of aromatic nitrogens is 4. The van der Waals surface area contributed by atoms with E-state index in [1.165, 1.54) is 11.5 Å². The summed E-state index contributed by atoms with van der Waals surface area (Å²) in [6, 6.07) is 7.42. The number of para-hydroxylation sites is 1. The van der Waals surface area contributed by atoms with Crippen molar-refractivity contribution in [2.75, 3.05) is 5.73 Å². The molecule has 108 valence electrons. The van der Waals surface area contributed by atoms with Crippen molar-refractivity contribution in [2.24, 2.45) is 0 Å². The van der Waals surface area contributed by atoms with E-state index in [1.54, 1.807) is 6.07 Å². The Morgan fingerprint density at radius 1 is 1.19 bits per heavy atom. The molecule has 7 heteroatoms. The molecular formula is C14H15N5OS. The summed E-state index contributed by atoms with van der Waals surface area (Å²) in [7, 11) is 0. The van der Waals surface area contributed by atoms with Crippen molar-refractivity contribution in [1.82, 2.24) is 19.7 Å². The quantitative estimate of drug-likeness (QED) is 0.731. The lowest BCUT2D eigenvalue weighted by Gasteiger charge is -2.14. The van der Waals surface area contributed by atoms with Gasteiger partial charge in [0.2, 0.25) is 5.82 Å². The highest BCUT2D eigenvalue weighted by molar-refractivity contribution is 7.09. The maximum Gasteiger partial charge on any atom is 0.271 e.